The Morgan fingerprint density at radius 3 is 2.12 bits per heavy atom. The summed E-state index contributed by atoms with van der Waals surface area (Å²) in [7, 11) is -0.180. The van der Waals surface area contributed by atoms with Crippen LogP contribution in [0.2, 0.25) is 18.1 Å². The van der Waals surface area contributed by atoms with E-state index in [0.717, 1.165) is 6.61 Å². The molecule has 3 nitrogen and oxygen atoms in total. The summed E-state index contributed by atoms with van der Waals surface area (Å²) in [5, 5.41) is 0.156. The number of rotatable bonds is 11. The molecule has 0 bridgehead atoms. The van der Waals surface area contributed by atoms with Crippen molar-refractivity contribution in [1.29, 1.82) is 0 Å². The quantitative estimate of drug-likeness (QED) is 0.338. The molecule has 0 aliphatic carbocycles. The first-order chi connectivity index (χ1) is 11.4. The second-order valence-corrected chi connectivity index (χ2v) is 13.8. The molecular formula is C21H42O3Si. The van der Waals surface area contributed by atoms with Crippen molar-refractivity contribution < 1.29 is 13.9 Å². The lowest BCUT2D eigenvalue weighted by Gasteiger charge is -2.42. The van der Waals surface area contributed by atoms with E-state index >= 15 is 0 Å². The highest BCUT2D eigenvalue weighted by Crippen LogP contribution is 2.39. The molecule has 0 amide bonds. The van der Waals surface area contributed by atoms with E-state index in [0.29, 0.717) is 12.5 Å². The van der Waals surface area contributed by atoms with Gasteiger partial charge in [-0.25, -0.2) is 0 Å². The summed E-state index contributed by atoms with van der Waals surface area (Å²) in [6.07, 6.45) is 3.95. The average molecular weight is 371 g/mol. The summed E-state index contributed by atoms with van der Waals surface area (Å²) in [5.41, 5.74) is 1.23. The van der Waals surface area contributed by atoms with Crippen molar-refractivity contribution >= 4 is 8.32 Å². The molecule has 148 valence electrons. The van der Waals surface area contributed by atoms with E-state index < -0.39 is 8.32 Å². The maximum Gasteiger partial charge on any atom is 0.192 e. The minimum Gasteiger partial charge on any atom is -0.410 e. The van der Waals surface area contributed by atoms with Crippen LogP contribution in [-0.4, -0.2) is 40.8 Å². The molecule has 0 aromatic carbocycles. The molecule has 0 heterocycles. The lowest BCUT2D eigenvalue weighted by Crippen LogP contribution is -2.49. The predicted octanol–water partition coefficient (Wildman–Crippen LogP) is 5.83. The second kappa shape index (κ2) is 10.7. The Labute approximate surface area is 158 Å². The van der Waals surface area contributed by atoms with E-state index in [1.54, 1.807) is 7.11 Å². The number of hydrogen-bond acceptors (Lipinski definition) is 3. The summed E-state index contributed by atoms with van der Waals surface area (Å²) in [6, 6.07) is 0. The van der Waals surface area contributed by atoms with E-state index in [9.17, 15) is 0 Å². The zero-order chi connectivity index (χ0) is 19.8. The number of methoxy groups -OCH3 is 1. The van der Waals surface area contributed by atoms with Crippen molar-refractivity contribution in [3.05, 3.63) is 24.3 Å². The molecule has 0 spiro atoms. The molecular weight excluding hydrogens is 328 g/mol. The van der Waals surface area contributed by atoms with Crippen molar-refractivity contribution in [2.75, 3.05) is 20.3 Å². The summed E-state index contributed by atoms with van der Waals surface area (Å²) < 4.78 is 18.1. The van der Waals surface area contributed by atoms with Gasteiger partial charge in [-0.1, -0.05) is 59.3 Å². The Hall–Kier alpha value is -0.423. The van der Waals surface area contributed by atoms with Crippen LogP contribution in [0.4, 0.5) is 0 Å². The van der Waals surface area contributed by atoms with Gasteiger partial charge in [0.1, 0.15) is 6.10 Å². The first-order valence-electron chi connectivity index (χ1n) is 9.44. The van der Waals surface area contributed by atoms with Gasteiger partial charge < -0.3 is 13.9 Å². The van der Waals surface area contributed by atoms with Crippen molar-refractivity contribution in [3.63, 3.8) is 0 Å². The number of hydrogen-bond donors (Lipinski definition) is 0. The van der Waals surface area contributed by atoms with Crippen LogP contribution in [-0.2, 0) is 13.9 Å². The molecule has 0 saturated carbocycles. The van der Waals surface area contributed by atoms with Crippen LogP contribution in [0.1, 0.15) is 48.5 Å². The van der Waals surface area contributed by atoms with Crippen LogP contribution < -0.4 is 0 Å². The molecule has 4 heteroatoms. The zero-order valence-electron chi connectivity index (χ0n) is 18.3. The molecule has 0 aromatic rings. The molecule has 0 fully saturated rings. The Morgan fingerprint density at radius 1 is 1.16 bits per heavy atom. The van der Waals surface area contributed by atoms with Crippen LogP contribution in [0.5, 0.6) is 0 Å². The Morgan fingerprint density at radius 2 is 1.72 bits per heavy atom. The van der Waals surface area contributed by atoms with E-state index in [1.165, 1.54) is 5.57 Å². The normalized spacial score (nSPS) is 17.5. The predicted molar refractivity (Wildman–Crippen MR) is 112 cm³/mol. The molecule has 0 aliphatic rings. The van der Waals surface area contributed by atoms with E-state index in [2.05, 4.69) is 74.2 Å². The van der Waals surface area contributed by atoms with Crippen LogP contribution in [0.15, 0.2) is 24.3 Å². The fourth-order valence-electron chi connectivity index (χ4n) is 2.40. The Kier molecular flexibility index (Phi) is 10.5. The molecule has 0 aliphatic heterocycles. The minimum absolute atomic E-state index is 0.0385. The maximum atomic E-state index is 6.71. The maximum absolute atomic E-state index is 6.71. The van der Waals surface area contributed by atoms with Crippen LogP contribution in [0.3, 0.4) is 0 Å². The largest absolute Gasteiger partial charge is 0.410 e. The summed E-state index contributed by atoms with van der Waals surface area (Å²) >= 11 is 0. The molecule has 0 radical (unpaired) electrons. The van der Waals surface area contributed by atoms with Gasteiger partial charge in [0.15, 0.2) is 8.32 Å². The van der Waals surface area contributed by atoms with Gasteiger partial charge >= 0.3 is 0 Å². The number of ether oxygens (including phenoxy) is 2. The van der Waals surface area contributed by atoms with Gasteiger partial charge in [0, 0.05) is 19.6 Å². The Balaban J connectivity index is 5.24. The first-order valence-corrected chi connectivity index (χ1v) is 12.3. The molecule has 25 heavy (non-hydrogen) atoms. The van der Waals surface area contributed by atoms with Gasteiger partial charge in [0.05, 0.1) is 12.7 Å². The lowest BCUT2D eigenvalue weighted by atomic mass is 9.97. The third-order valence-electron chi connectivity index (χ3n) is 4.91. The van der Waals surface area contributed by atoms with Crippen molar-refractivity contribution in [3.8, 4) is 0 Å². The van der Waals surface area contributed by atoms with Gasteiger partial charge in [-0.3, -0.25) is 0 Å². The van der Waals surface area contributed by atoms with Gasteiger partial charge in [-0.2, -0.15) is 0 Å². The van der Waals surface area contributed by atoms with Gasteiger partial charge in [0.25, 0.3) is 0 Å². The molecule has 0 saturated heterocycles. The molecule has 0 N–H and O–H groups in total. The zero-order valence-corrected chi connectivity index (χ0v) is 19.3. The SMILES string of the molecule is C=C[C@H](OC)[C@@H](O[Si](C)(C)C(C)(C)C)[C@H](C)/C=C(/C)COCC(C)C. The lowest BCUT2D eigenvalue weighted by molar-refractivity contribution is 0.00579. The summed E-state index contributed by atoms with van der Waals surface area (Å²) in [4.78, 5) is 0. The fraction of sp³-hybridized carbons (Fsp3) is 0.810. The van der Waals surface area contributed by atoms with Crippen molar-refractivity contribution in [2.45, 2.75) is 78.8 Å². The highest BCUT2D eigenvalue weighted by Gasteiger charge is 2.41. The van der Waals surface area contributed by atoms with Crippen LogP contribution in [0, 0.1) is 11.8 Å². The molecule has 3 atom stereocenters. The van der Waals surface area contributed by atoms with Crippen molar-refractivity contribution in [1.82, 2.24) is 0 Å². The molecule has 0 rings (SSSR count). The summed E-state index contributed by atoms with van der Waals surface area (Å²) in [5.74, 6) is 0.776. The minimum atomic E-state index is -1.91. The standard InChI is InChI=1S/C21H42O3Si/c1-12-19(22-9)20(24-25(10,11)21(6,7)8)18(5)13-17(4)15-23-14-16(2)3/h12-13,16,18-20H,1,14-15H2,2-11H3/b17-13-/t18-,19+,20+/m1/s1. The van der Waals surface area contributed by atoms with E-state index in [1.807, 2.05) is 6.08 Å². The monoisotopic (exact) mass is 370 g/mol. The fourth-order valence-corrected chi connectivity index (χ4v) is 3.79. The summed E-state index contributed by atoms with van der Waals surface area (Å²) in [6.45, 7) is 25.4. The van der Waals surface area contributed by atoms with Crippen molar-refractivity contribution in [2.24, 2.45) is 11.8 Å². The van der Waals surface area contributed by atoms with E-state index in [4.69, 9.17) is 13.9 Å². The molecule has 0 unspecified atom stereocenters. The highest BCUT2D eigenvalue weighted by atomic mass is 28.4. The van der Waals surface area contributed by atoms with Crippen LogP contribution >= 0.6 is 0 Å². The molecule has 0 aromatic heterocycles. The third-order valence-corrected chi connectivity index (χ3v) is 9.39. The smallest absolute Gasteiger partial charge is 0.192 e. The third kappa shape index (κ3) is 8.67. The first kappa shape index (κ1) is 24.6. The van der Waals surface area contributed by atoms with E-state index in [-0.39, 0.29) is 23.2 Å². The topological polar surface area (TPSA) is 27.7 Å². The van der Waals surface area contributed by atoms with Crippen LogP contribution in [0.25, 0.3) is 0 Å². The highest BCUT2D eigenvalue weighted by molar-refractivity contribution is 6.74. The Bertz CT molecular complexity index is 421. The second-order valence-electron chi connectivity index (χ2n) is 9.06. The van der Waals surface area contributed by atoms with Gasteiger partial charge in [-0.15, -0.1) is 6.58 Å². The van der Waals surface area contributed by atoms with Gasteiger partial charge in [0.2, 0.25) is 0 Å². The van der Waals surface area contributed by atoms with Gasteiger partial charge in [-0.05, 0) is 31.0 Å². The average Bonchev–Trinajstić information content (AvgIpc) is 2.45.